The van der Waals surface area contributed by atoms with Gasteiger partial charge in [0.1, 0.15) is 12.1 Å². The predicted octanol–water partition coefficient (Wildman–Crippen LogP) is 6.01. The number of carbonyl (C=O) groups excluding carboxylic acids is 3. The summed E-state index contributed by atoms with van der Waals surface area (Å²) in [5, 5.41) is 9.80. The van der Waals surface area contributed by atoms with E-state index in [1.807, 2.05) is 34.6 Å². The molecule has 226 valence electrons. The van der Waals surface area contributed by atoms with Crippen molar-refractivity contribution in [3.8, 4) is 11.5 Å². The van der Waals surface area contributed by atoms with Crippen molar-refractivity contribution in [2.24, 2.45) is 23.5 Å². The maximum Gasteiger partial charge on any atom is 0.321 e. The zero-order chi connectivity index (χ0) is 30.4. The molecular formula is C31H49NO8. The highest BCUT2D eigenvalue weighted by Gasteiger charge is 2.36. The number of carbonyl (C=O) groups is 4. The number of benzene rings is 1. The summed E-state index contributed by atoms with van der Waals surface area (Å²) in [5.41, 5.74) is 6.61. The van der Waals surface area contributed by atoms with E-state index in [0.717, 1.165) is 32.1 Å². The van der Waals surface area contributed by atoms with Crippen LogP contribution in [-0.4, -0.2) is 41.1 Å². The van der Waals surface area contributed by atoms with E-state index in [4.69, 9.17) is 19.9 Å². The number of carboxylic acid groups (broad SMARTS) is 1. The second kappa shape index (κ2) is 17.7. The van der Waals surface area contributed by atoms with Crippen LogP contribution in [-0.2, 0) is 23.9 Å². The molecule has 0 aliphatic carbocycles. The molecule has 0 aromatic heterocycles. The number of aliphatic carboxylic acids is 1. The minimum absolute atomic E-state index is 0.0160. The Morgan fingerprint density at radius 1 is 0.825 bits per heavy atom. The average Bonchev–Trinajstić information content (AvgIpc) is 2.89. The molecule has 0 heterocycles. The normalized spacial score (nSPS) is 15.7. The molecule has 0 bridgehead atoms. The highest BCUT2D eigenvalue weighted by molar-refractivity contribution is 5.77. The number of ether oxygens (including phenoxy) is 3. The molecule has 5 unspecified atom stereocenters. The first kappa shape index (κ1) is 35.1. The Labute approximate surface area is 239 Å². The zero-order valence-electron chi connectivity index (χ0n) is 25.2. The monoisotopic (exact) mass is 563 g/mol. The number of hydrogen-bond donors (Lipinski definition) is 2. The lowest BCUT2D eigenvalue weighted by molar-refractivity contribution is -0.151. The lowest BCUT2D eigenvalue weighted by atomic mass is 9.79. The molecule has 0 aliphatic rings. The van der Waals surface area contributed by atoms with Gasteiger partial charge >= 0.3 is 23.9 Å². The number of nitrogens with two attached hydrogens (primary N) is 1. The van der Waals surface area contributed by atoms with Gasteiger partial charge in [0.2, 0.25) is 0 Å². The summed E-state index contributed by atoms with van der Waals surface area (Å²) >= 11 is 0. The Morgan fingerprint density at radius 3 is 1.88 bits per heavy atom. The van der Waals surface area contributed by atoms with Crippen molar-refractivity contribution >= 4 is 23.9 Å². The van der Waals surface area contributed by atoms with E-state index >= 15 is 0 Å². The molecule has 0 saturated carbocycles. The van der Waals surface area contributed by atoms with Crippen LogP contribution < -0.4 is 15.2 Å². The summed E-state index contributed by atoms with van der Waals surface area (Å²) in [4.78, 5) is 49.6. The summed E-state index contributed by atoms with van der Waals surface area (Å²) < 4.78 is 16.8. The van der Waals surface area contributed by atoms with Gasteiger partial charge in [-0.15, -0.1) is 0 Å². The molecule has 0 saturated heterocycles. The Hall–Kier alpha value is -2.94. The molecular weight excluding hydrogens is 514 g/mol. The summed E-state index contributed by atoms with van der Waals surface area (Å²) in [6.07, 6.45) is 4.22. The molecule has 1 aromatic rings. The molecule has 3 N–H and O–H groups in total. The van der Waals surface area contributed by atoms with Gasteiger partial charge in [-0.05, 0) is 42.9 Å². The van der Waals surface area contributed by atoms with E-state index in [2.05, 4.69) is 0 Å². The average molecular weight is 564 g/mol. The van der Waals surface area contributed by atoms with E-state index in [0.29, 0.717) is 5.56 Å². The second-order valence-corrected chi connectivity index (χ2v) is 11.0. The van der Waals surface area contributed by atoms with Crippen LogP contribution in [0, 0.1) is 17.8 Å². The van der Waals surface area contributed by atoms with Crippen LogP contribution in [0.1, 0.15) is 111 Å². The van der Waals surface area contributed by atoms with Gasteiger partial charge < -0.3 is 25.1 Å². The largest absolute Gasteiger partial charge is 0.480 e. The number of hydrogen-bond acceptors (Lipinski definition) is 8. The van der Waals surface area contributed by atoms with Gasteiger partial charge in [0, 0.05) is 31.1 Å². The van der Waals surface area contributed by atoms with Gasteiger partial charge in [0.05, 0.1) is 0 Å². The molecule has 9 nitrogen and oxygen atoms in total. The van der Waals surface area contributed by atoms with Gasteiger partial charge in [-0.2, -0.15) is 0 Å². The molecule has 1 aromatic carbocycles. The van der Waals surface area contributed by atoms with E-state index in [1.165, 1.54) is 12.1 Å². The fraction of sp³-hybridized carbons (Fsp3) is 0.677. The van der Waals surface area contributed by atoms with Crippen molar-refractivity contribution in [1.29, 1.82) is 0 Å². The summed E-state index contributed by atoms with van der Waals surface area (Å²) in [7, 11) is 0. The minimum Gasteiger partial charge on any atom is -0.480 e. The highest BCUT2D eigenvalue weighted by atomic mass is 16.6. The quantitative estimate of drug-likeness (QED) is 0.125. The third-order valence-corrected chi connectivity index (χ3v) is 7.51. The Bertz CT molecular complexity index is 978. The highest BCUT2D eigenvalue weighted by Crippen LogP contribution is 2.37. The Balaban J connectivity index is 3.39. The maximum atomic E-state index is 12.7. The molecule has 0 fully saturated rings. The van der Waals surface area contributed by atoms with Crippen molar-refractivity contribution < 1.29 is 38.5 Å². The lowest BCUT2D eigenvalue weighted by Crippen LogP contribution is -2.42. The summed E-state index contributed by atoms with van der Waals surface area (Å²) in [5.74, 6) is -3.53. The van der Waals surface area contributed by atoms with Crippen LogP contribution in [0.4, 0.5) is 0 Å². The third kappa shape index (κ3) is 11.7. The third-order valence-electron chi connectivity index (χ3n) is 7.51. The molecule has 0 radical (unpaired) electrons. The number of carboxylic acids is 1. The summed E-state index contributed by atoms with van der Waals surface area (Å²) in [6.45, 7) is 13.3. The maximum absolute atomic E-state index is 12.7. The zero-order valence-corrected chi connectivity index (χ0v) is 25.2. The lowest BCUT2D eigenvalue weighted by Gasteiger charge is -2.32. The van der Waals surface area contributed by atoms with Crippen molar-refractivity contribution in [2.45, 2.75) is 118 Å². The van der Waals surface area contributed by atoms with Gasteiger partial charge in [-0.3, -0.25) is 19.2 Å². The van der Waals surface area contributed by atoms with E-state index in [9.17, 15) is 24.3 Å². The molecule has 6 atom stereocenters. The van der Waals surface area contributed by atoms with Crippen LogP contribution in [0.3, 0.4) is 0 Å². The summed E-state index contributed by atoms with van der Waals surface area (Å²) in [6, 6.07) is 3.27. The smallest absolute Gasteiger partial charge is 0.321 e. The minimum atomic E-state index is -1.33. The number of esters is 3. The Morgan fingerprint density at radius 2 is 1.38 bits per heavy atom. The van der Waals surface area contributed by atoms with Gasteiger partial charge in [0.15, 0.2) is 11.5 Å². The fourth-order valence-corrected chi connectivity index (χ4v) is 4.26. The molecule has 9 heteroatoms. The van der Waals surface area contributed by atoms with Gasteiger partial charge in [-0.25, -0.2) is 0 Å². The van der Waals surface area contributed by atoms with E-state index in [1.54, 1.807) is 19.9 Å². The van der Waals surface area contributed by atoms with E-state index in [-0.39, 0.29) is 48.6 Å². The molecule has 1 rings (SSSR count). The second-order valence-electron chi connectivity index (χ2n) is 11.0. The molecule has 40 heavy (non-hydrogen) atoms. The van der Waals surface area contributed by atoms with Gasteiger partial charge in [0.25, 0.3) is 0 Å². The fourth-order valence-electron chi connectivity index (χ4n) is 4.26. The van der Waals surface area contributed by atoms with Crippen molar-refractivity contribution in [3.05, 3.63) is 23.8 Å². The van der Waals surface area contributed by atoms with Crippen LogP contribution in [0.5, 0.6) is 11.5 Å². The number of unbranched alkanes of at least 4 members (excludes halogenated alkanes) is 2. The first-order valence-electron chi connectivity index (χ1n) is 14.6. The Kier molecular flexibility index (Phi) is 15.5. The van der Waals surface area contributed by atoms with E-state index < -0.39 is 41.9 Å². The van der Waals surface area contributed by atoms with Crippen LogP contribution >= 0.6 is 0 Å². The first-order valence-corrected chi connectivity index (χ1v) is 14.6. The molecule has 0 spiro atoms. The SMILES string of the molecule is CCCCCC(=O)OC(C)C(C)C(c1ccc(OC(=O)CC(C)CC)c(OC(=O)CC(C)CC)c1)[C@H](N)C(=O)O. The van der Waals surface area contributed by atoms with Crippen LogP contribution in [0.25, 0.3) is 0 Å². The predicted molar refractivity (Wildman–Crippen MR) is 153 cm³/mol. The molecule has 0 aliphatic heterocycles. The van der Waals surface area contributed by atoms with Crippen molar-refractivity contribution in [3.63, 3.8) is 0 Å². The first-order chi connectivity index (χ1) is 18.8. The standard InChI is InChI=1S/C31H49NO8/c1-8-11-12-13-26(33)38-22(7)21(6)29(30(32)31(36)37)23-14-15-24(39-27(34)16-19(4)9-2)25(18-23)40-28(35)17-20(5)10-3/h14-15,18-22,29-30H,8-13,16-17,32H2,1-7H3,(H,36,37)/t19?,20?,21?,22?,29?,30-/m0/s1. The van der Waals surface area contributed by atoms with Gasteiger partial charge in [-0.1, -0.05) is 73.3 Å². The van der Waals surface area contributed by atoms with Crippen molar-refractivity contribution in [2.75, 3.05) is 0 Å². The molecule has 0 amide bonds. The van der Waals surface area contributed by atoms with Crippen LogP contribution in [0.15, 0.2) is 18.2 Å². The topological polar surface area (TPSA) is 142 Å². The van der Waals surface area contributed by atoms with Crippen molar-refractivity contribution in [1.82, 2.24) is 0 Å². The van der Waals surface area contributed by atoms with Crippen LogP contribution in [0.2, 0.25) is 0 Å². The number of rotatable bonds is 18.